The van der Waals surface area contributed by atoms with Gasteiger partial charge in [-0.15, -0.1) is 0 Å². The number of pyridine rings is 1. The van der Waals surface area contributed by atoms with Crippen molar-refractivity contribution in [2.45, 2.75) is 12.6 Å². The average Bonchev–Trinajstić information content (AvgIpc) is 2.33. The fourth-order valence-electron chi connectivity index (χ4n) is 1.42. The number of halogens is 3. The third-order valence-corrected chi connectivity index (χ3v) is 2.31. The summed E-state index contributed by atoms with van der Waals surface area (Å²) in [6.07, 6.45) is -1.54. The van der Waals surface area contributed by atoms with Crippen LogP contribution in [0.25, 0.3) is 6.08 Å². The molecule has 0 spiro atoms. The summed E-state index contributed by atoms with van der Waals surface area (Å²) in [5.41, 5.74) is 0.453. The molecule has 1 aromatic heterocycles. The molecular weight excluding hydrogens is 261 g/mol. The molecule has 1 aromatic rings. The minimum atomic E-state index is -4.24. The van der Waals surface area contributed by atoms with Crippen LogP contribution in [0.1, 0.15) is 12.0 Å². The van der Waals surface area contributed by atoms with Crippen LogP contribution < -0.4 is 4.90 Å². The first kappa shape index (κ1) is 15.0. The van der Waals surface area contributed by atoms with E-state index in [1.165, 1.54) is 24.2 Å². The molecule has 19 heavy (non-hydrogen) atoms. The fraction of sp³-hybridized carbons (Fsp3) is 0.333. The molecule has 0 aliphatic rings. The number of aliphatic carboxylic acids is 1. The van der Waals surface area contributed by atoms with Crippen molar-refractivity contribution in [2.24, 2.45) is 0 Å². The third kappa shape index (κ3) is 5.41. The highest BCUT2D eigenvalue weighted by Gasteiger charge is 2.27. The van der Waals surface area contributed by atoms with Crippen molar-refractivity contribution in [3.63, 3.8) is 0 Å². The Kier molecular flexibility index (Phi) is 4.91. The van der Waals surface area contributed by atoms with Crippen LogP contribution >= 0.6 is 0 Å². The van der Waals surface area contributed by atoms with Crippen LogP contribution in [-0.2, 0) is 4.79 Å². The van der Waals surface area contributed by atoms with Crippen molar-refractivity contribution in [1.82, 2.24) is 4.98 Å². The minimum Gasteiger partial charge on any atom is -0.478 e. The molecular formula is C12H13F3N2O2. The van der Waals surface area contributed by atoms with Gasteiger partial charge >= 0.3 is 12.1 Å². The molecule has 0 unspecified atom stereocenters. The molecule has 0 amide bonds. The van der Waals surface area contributed by atoms with Gasteiger partial charge in [-0.3, -0.25) is 0 Å². The predicted octanol–water partition coefficient (Wildman–Crippen LogP) is 2.57. The number of carboxylic acid groups (broad SMARTS) is 1. The number of anilines is 1. The summed E-state index contributed by atoms with van der Waals surface area (Å²) in [5.74, 6) is -0.822. The number of nitrogens with zero attached hydrogens (tertiary/aromatic N) is 2. The Bertz CT molecular complexity index is 472. The van der Waals surface area contributed by atoms with Crippen molar-refractivity contribution >= 4 is 17.9 Å². The topological polar surface area (TPSA) is 53.4 Å². The molecule has 0 radical (unpaired) electrons. The van der Waals surface area contributed by atoms with Gasteiger partial charge in [0.2, 0.25) is 0 Å². The highest BCUT2D eigenvalue weighted by Crippen LogP contribution is 2.23. The maximum absolute atomic E-state index is 12.1. The summed E-state index contributed by atoms with van der Waals surface area (Å²) < 4.78 is 36.4. The van der Waals surface area contributed by atoms with Gasteiger partial charge in [0.15, 0.2) is 0 Å². The largest absolute Gasteiger partial charge is 0.478 e. The number of hydrogen-bond donors (Lipinski definition) is 1. The second kappa shape index (κ2) is 6.21. The van der Waals surface area contributed by atoms with Gasteiger partial charge in [0.05, 0.1) is 6.42 Å². The van der Waals surface area contributed by atoms with Crippen LogP contribution in [0.15, 0.2) is 24.4 Å². The average molecular weight is 274 g/mol. The second-order valence-electron chi connectivity index (χ2n) is 3.87. The molecule has 0 fully saturated rings. The van der Waals surface area contributed by atoms with Crippen LogP contribution in [-0.4, -0.2) is 35.8 Å². The van der Waals surface area contributed by atoms with Gasteiger partial charge in [-0.1, -0.05) is 0 Å². The maximum Gasteiger partial charge on any atom is 0.390 e. The van der Waals surface area contributed by atoms with Crippen LogP contribution in [0, 0.1) is 0 Å². The van der Waals surface area contributed by atoms with Crippen molar-refractivity contribution in [3.8, 4) is 0 Å². The molecule has 0 aromatic carbocycles. The monoisotopic (exact) mass is 274 g/mol. The van der Waals surface area contributed by atoms with E-state index in [2.05, 4.69) is 4.98 Å². The molecule has 1 heterocycles. The molecule has 0 atom stereocenters. The molecule has 0 bridgehead atoms. The first-order valence-corrected chi connectivity index (χ1v) is 5.43. The van der Waals surface area contributed by atoms with E-state index in [1.54, 1.807) is 12.1 Å². The lowest BCUT2D eigenvalue weighted by Gasteiger charge is -2.20. The van der Waals surface area contributed by atoms with Crippen molar-refractivity contribution in [1.29, 1.82) is 0 Å². The Morgan fingerprint density at radius 3 is 2.79 bits per heavy atom. The van der Waals surface area contributed by atoms with Gasteiger partial charge in [0, 0.05) is 31.4 Å². The molecule has 0 aliphatic heterocycles. The molecule has 7 heteroatoms. The quantitative estimate of drug-likeness (QED) is 0.838. The Labute approximate surface area is 108 Å². The molecule has 1 N–H and O–H groups in total. The van der Waals surface area contributed by atoms with Gasteiger partial charge in [-0.05, 0) is 18.2 Å². The number of hydrogen-bond acceptors (Lipinski definition) is 3. The van der Waals surface area contributed by atoms with Crippen molar-refractivity contribution in [3.05, 3.63) is 30.0 Å². The zero-order chi connectivity index (χ0) is 14.5. The summed E-state index contributed by atoms with van der Waals surface area (Å²) in [6.45, 7) is -0.242. The normalized spacial score (nSPS) is 11.8. The van der Waals surface area contributed by atoms with Crippen molar-refractivity contribution in [2.75, 3.05) is 18.5 Å². The van der Waals surface area contributed by atoms with Crippen molar-refractivity contribution < 1.29 is 23.1 Å². The summed E-state index contributed by atoms with van der Waals surface area (Å²) in [4.78, 5) is 15.8. The van der Waals surface area contributed by atoms with Gasteiger partial charge in [0.1, 0.15) is 5.82 Å². The minimum absolute atomic E-state index is 0.242. The highest BCUT2D eigenvalue weighted by atomic mass is 19.4. The van der Waals surface area contributed by atoms with Crippen LogP contribution in [0.4, 0.5) is 19.0 Å². The van der Waals surface area contributed by atoms with Crippen LogP contribution in [0.3, 0.4) is 0 Å². The number of carboxylic acids is 1. The van der Waals surface area contributed by atoms with E-state index < -0.39 is 18.6 Å². The van der Waals surface area contributed by atoms with E-state index in [4.69, 9.17) is 5.11 Å². The lowest BCUT2D eigenvalue weighted by molar-refractivity contribution is -0.132. The Hall–Kier alpha value is -2.05. The summed E-state index contributed by atoms with van der Waals surface area (Å²) >= 11 is 0. The zero-order valence-corrected chi connectivity index (χ0v) is 10.2. The molecule has 104 valence electrons. The molecule has 0 aliphatic carbocycles. The van der Waals surface area contributed by atoms with E-state index in [1.807, 2.05) is 0 Å². The number of carbonyl (C=O) groups is 1. The molecule has 0 saturated carbocycles. The van der Waals surface area contributed by atoms with Crippen LogP contribution in [0.2, 0.25) is 0 Å². The van der Waals surface area contributed by atoms with Gasteiger partial charge in [-0.2, -0.15) is 13.2 Å². The van der Waals surface area contributed by atoms with Gasteiger partial charge < -0.3 is 10.0 Å². The standard InChI is InChI=1S/C12H13F3N2O2/c1-17(8-6-12(13,14)15)11-9(3-2-7-16-11)4-5-10(18)19/h2-5,7H,6,8H2,1H3,(H,18,19)/b5-4+. The fourth-order valence-corrected chi connectivity index (χ4v) is 1.42. The SMILES string of the molecule is CN(CCC(F)(F)F)c1ncccc1/C=C/C(=O)O. The van der Waals surface area contributed by atoms with Gasteiger partial charge in [0.25, 0.3) is 0 Å². The Balaban J connectivity index is 2.84. The van der Waals surface area contributed by atoms with E-state index >= 15 is 0 Å². The maximum atomic E-state index is 12.1. The highest BCUT2D eigenvalue weighted by molar-refractivity contribution is 5.86. The van der Waals surface area contributed by atoms with E-state index in [0.717, 1.165) is 6.08 Å². The predicted molar refractivity (Wildman–Crippen MR) is 64.8 cm³/mol. The summed E-state index contributed by atoms with van der Waals surface area (Å²) in [6, 6.07) is 3.18. The van der Waals surface area contributed by atoms with Crippen LogP contribution in [0.5, 0.6) is 0 Å². The molecule has 1 rings (SSSR count). The van der Waals surface area contributed by atoms with E-state index in [0.29, 0.717) is 11.4 Å². The Morgan fingerprint density at radius 2 is 2.21 bits per heavy atom. The van der Waals surface area contributed by atoms with E-state index in [-0.39, 0.29) is 6.54 Å². The van der Waals surface area contributed by atoms with Gasteiger partial charge in [-0.25, -0.2) is 9.78 Å². The summed E-state index contributed by atoms with van der Waals surface area (Å²) in [5, 5.41) is 8.54. The molecule has 4 nitrogen and oxygen atoms in total. The third-order valence-electron chi connectivity index (χ3n) is 2.31. The number of alkyl halides is 3. The Morgan fingerprint density at radius 1 is 1.53 bits per heavy atom. The number of rotatable bonds is 5. The lowest BCUT2D eigenvalue weighted by Crippen LogP contribution is -2.25. The first-order valence-electron chi connectivity index (χ1n) is 5.43. The first-order chi connectivity index (χ1) is 8.79. The summed E-state index contributed by atoms with van der Waals surface area (Å²) in [7, 11) is 1.48. The van der Waals surface area contributed by atoms with E-state index in [9.17, 15) is 18.0 Å². The second-order valence-corrected chi connectivity index (χ2v) is 3.87. The number of aromatic nitrogens is 1. The zero-order valence-electron chi connectivity index (χ0n) is 10.2. The smallest absolute Gasteiger partial charge is 0.390 e. The lowest BCUT2D eigenvalue weighted by atomic mass is 10.2. The molecule has 0 saturated heterocycles.